The van der Waals surface area contributed by atoms with Crippen LogP contribution in [0.25, 0.3) is 11.3 Å². The topological polar surface area (TPSA) is 45.4 Å². The number of hydrogen-bond donors (Lipinski definition) is 2. The monoisotopic (exact) mass is 259 g/mol. The molecule has 3 heteroatoms. The number of hydrogen-bond acceptors (Lipinski definition) is 3. The molecule has 3 nitrogen and oxygen atoms in total. The number of benzene rings is 1. The Bertz CT molecular complexity index is 520. The van der Waals surface area contributed by atoms with Gasteiger partial charge in [0.15, 0.2) is 0 Å². The summed E-state index contributed by atoms with van der Waals surface area (Å²) in [6, 6.07) is 12.2. The minimum atomic E-state index is -0.702. The lowest BCUT2D eigenvalue weighted by molar-refractivity contribution is 0.0790. The summed E-state index contributed by atoms with van der Waals surface area (Å²) in [6.07, 6.45) is 0. The number of aryl methyl sites for hydroxylation is 1. The number of furan rings is 1. The van der Waals surface area contributed by atoms with Crippen molar-refractivity contribution in [1.29, 1.82) is 0 Å². The summed E-state index contributed by atoms with van der Waals surface area (Å²) in [5.41, 5.74) is 1.62. The van der Waals surface area contributed by atoms with Gasteiger partial charge in [0.2, 0.25) is 0 Å². The summed E-state index contributed by atoms with van der Waals surface area (Å²) in [5.74, 6) is 1.75. The van der Waals surface area contributed by atoms with Crippen molar-refractivity contribution in [3.8, 4) is 11.3 Å². The SMILES string of the molecule is Cc1ccc(-c2ccc(CNCC(C)(C)O)o2)cc1. The van der Waals surface area contributed by atoms with Gasteiger partial charge in [0.25, 0.3) is 0 Å². The Labute approximate surface area is 114 Å². The second-order valence-electron chi connectivity index (χ2n) is 5.55. The van der Waals surface area contributed by atoms with Crippen LogP contribution in [0.2, 0.25) is 0 Å². The second-order valence-corrected chi connectivity index (χ2v) is 5.55. The van der Waals surface area contributed by atoms with Crippen molar-refractivity contribution < 1.29 is 9.52 Å². The molecule has 2 rings (SSSR count). The van der Waals surface area contributed by atoms with Gasteiger partial charge in [-0.15, -0.1) is 0 Å². The maximum Gasteiger partial charge on any atom is 0.134 e. The van der Waals surface area contributed by atoms with Crippen LogP contribution in [0.4, 0.5) is 0 Å². The lowest BCUT2D eigenvalue weighted by Gasteiger charge is -2.16. The summed E-state index contributed by atoms with van der Waals surface area (Å²) in [6.45, 7) is 6.78. The van der Waals surface area contributed by atoms with Gasteiger partial charge in [0.05, 0.1) is 12.1 Å². The predicted molar refractivity (Wildman–Crippen MR) is 76.9 cm³/mol. The van der Waals surface area contributed by atoms with Gasteiger partial charge in [-0.25, -0.2) is 0 Å². The van der Waals surface area contributed by atoms with Gasteiger partial charge in [0.1, 0.15) is 11.5 Å². The zero-order valence-electron chi connectivity index (χ0n) is 11.7. The largest absolute Gasteiger partial charge is 0.460 e. The van der Waals surface area contributed by atoms with Gasteiger partial charge in [-0.2, -0.15) is 0 Å². The fraction of sp³-hybridized carbons (Fsp3) is 0.375. The van der Waals surface area contributed by atoms with Crippen LogP contribution in [0, 0.1) is 6.92 Å². The molecule has 0 atom stereocenters. The van der Waals surface area contributed by atoms with E-state index in [4.69, 9.17) is 4.42 Å². The molecule has 0 spiro atoms. The third-order valence-electron chi connectivity index (χ3n) is 2.85. The van der Waals surface area contributed by atoms with E-state index in [1.165, 1.54) is 5.56 Å². The number of rotatable bonds is 5. The molecule has 0 radical (unpaired) electrons. The van der Waals surface area contributed by atoms with Crippen molar-refractivity contribution in [1.82, 2.24) is 5.32 Å². The van der Waals surface area contributed by atoms with Crippen LogP contribution in [0.1, 0.15) is 25.2 Å². The van der Waals surface area contributed by atoms with E-state index in [9.17, 15) is 5.11 Å². The Morgan fingerprint density at radius 3 is 2.42 bits per heavy atom. The third kappa shape index (κ3) is 4.23. The van der Waals surface area contributed by atoms with Crippen LogP contribution in [-0.4, -0.2) is 17.3 Å². The maximum atomic E-state index is 9.61. The van der Waals surface area contributed by atoms with Crippen LogP contribution in [0.5, 0.6) is 0 Å². The Balaban J connectivity index is 1.97. The Kier molecular flexibility index (Phi) is 4.08. The molecule has 0 aliphatic heterocycles. The van der Waals surface area contributed by atoms with Gasteiger partial charge in [-0.05, 0) is 32.9 Å². The predicted octanol–water partition coefficient (Wildman–Crippen LogP) is 3.12. The molecule has 2 N–H and O–H groups in total. The fourth-order valence-electron chi connectivity index (χ4n) is 1.84. The highest BCUT2D eigenvalue weighted by molar-refractivity contribution is 5.57. The van der Waals surface area contributed by atoms with E-state index in [1.807, 2.05) is 12.1 Å². The van der Waals surface area contributed by atoms with E-state index in [1.54, 1.807) is 13.8 Å². The summed E-state index contributed by atoms with van der Waals surface area (Å²) < 4.78 is 5.78. The van der Waals surface area contributed by atoms with Gasteiger partial charge in [0, 0.05) is 12.1 Å². The highest BCUT2D eigenvalue weighted by atomic mass is 16.3. The van der Waals surface area contributed by atoms with E-state index in [2.05, 4.69) is 36.5 Å². The van der Waals surface area contributed by atoms with Crippen LogP contribution in [0.3, 0.4) is 0 Å². The van der Waals surface area contributed by atoms with Crippen molar-refractivity contribution in [2.75, 3.05) is 6.54 Å². The Morgan fingerprint density at radius 2 is 1.79 bits per heavy atom. The molecule has 0 saturated heterocycles. The molecule has 0 bridgehead atoms. The highest BCUT2D eigenvalue weighted by Crippen LogP contribution is 2.22. The standard InChI is InChI=1S/C16H21NO2/c1-12-4-6-13(7-5-12)15-9-8-14(19-15)10-17-11-16(2,3)18/h4-9,17-18H,10-11H2,1-3H3. The zero-order chi connectivity index (χ0) is 13.9. The summed E-state index contributed by atoms with van der Waals surface area (Å²) in [7, 11) is 0. The molecule has 0 aliphatic rings. The summed E-state index contributed by atoms with van der Waals surface area (Å²) >= 11 is 0. The highest BCUT2D eigenvalue weighted by Gasteiger charge is 2.12. The van der Waals surface area contributed by atoms with E-state index in [0.29, 0.717) is 13.1 Å². The second kappa shape index (κ2) is 5.59. The Hall–Kier alpha value is -1.58. The average Bonchev–Trinajstić information content (AvgIpc) is 2.77. The van der Waals surface area contributed by atoms with Gasteiger partial charge in [-0.1, -0.05) is 29.8 Å². The van der Waals surface area contributed by atoms with Crippen LogP contribution in [-0.2, 0) is 6.54 Å². The van der Waals surface area contributed by atoms with Gasteiger partial charge >= 0.3 is 0 Å². The first-order valence-corrected chi connectivity index (χ1v) is 6.53. The molecule has 2 aromatic rings. The van der Waals surface area contributed by atoms with E-state index in [-0.39, 0.29) is 0 Å². The summed E-state index contributed by atoms with van der Waals surface area (Å²) in [5, 5.41) is 12.8. The summed E-state index contributed by atoms with van der Waals surface area (Å²) in [4.78, 5) is 0. The maximum absolute atomic E-state index is 9.61. The molecule has 0 amide bonds. The van der Waals surface area contributed by atoms with E-state index in [0.717, 1.165) is 17.1 Å². The number of nitrogens with one attached hydrogen (secondary N) is 1. The molecular formula is C16H21NO2. The van der Waals surface area contributed by atoms with Crippen molar-refractivity contribution in [2.24, 2.45) is 0 Å². The molecule has 0 fully saturated rings. The van der Waals surface area contributed by atoms with E-state index < -0.39 is 5.60 Å². The molecule has 0 unspecified atom stereocenters. The third-order valence-corrected chi connectivity index (χ3v) is 2.85. The lowest BCUT2D eigenvalue weighted by atomic mass is 10.1. The molecule has 1 heterocycles. The van der Waals surface area contributed by atoms with Crippen molar-refractivity contribution >= 4 is 0 Å². The van der Waals surface area contributed by atoms with Crippen molar-refractivity contribution in [2.45, 2.75) is 32.9 Å². The molecule has 0 saturated carbocycles. The molecule has 1 aromatic carbocycles. The van der Waals surface area contributed by atoms with E-state index >= 15 is 0 Å². The lowest BCUT2D eigenvalue weighted by Crippen LogP contribution is -2.34. The van der Waals surface area contributed by atoms with Crippen LogP contribution in [0.15, 0.2) is 40.8 Å². The smallest absolute Gasteiger partial charge is 0.134 e. The fourth-order valence-corrected chi connectivity index (χ4v) is 1.84. The van der Waals surface area contributed by atoms with Crippen LogP contribution < -0.4 is 5.32 Å². The first kappa shape index (κ1) is 13.8. The first-order valence-electron chi connectivity index (χ1n) is 6.53. The number of aliphatic hydroxyl groups is 1. The Morgan fingerprint density at radius 1 is 1.11 bits per heavy atom. The zero-order valence-corrected chi connectivity index (χ0v) is 11.7. The molecule has 0 aliphatic carbocycles. The average molecular weight is 259 g/mol. The minimum absolute atomic E-state index is 0.535. The van der Waals surface area contributed by atoms with Gasteiger partial charge in [-0.3, -0.25) is 0 Å². The van der Waals surface area contributed by atoms with Gasteiger partial charge < -0.3 is 14.8 Å². The normalized spacial score (nSPS) is 11.8. The molecular weight excluding hydrogens is 238 g/mol. The molecule has 102 valence electrons. The molecule has 19 heavy (non-hydrogen) atoms. The minimum Gasteiger partial charge on any atom is -0.460 e. The van der Waals surface area contributed by atoms with Crippen LogP contribution >= 0.6 is 0 Å². The van der Waals surface area contributed by atoms with Crippen molar-refractivity contribution in [3.63, 3.8) is 0 Å². The molecule has 1 aromatic heterocycles. The van der Waals surface area contributed by atoms with Crippen molar-refractivity contribution in [3.05, 3.63) is 47.7 Å². The first-order chi connectivity index (χ1) is 8.94. The quantitative estimate of drug-likeness (QED) is 0.867.